The molecule has 0 aliphatic carbocycles. The summed E-state index contributed by atoms with van der Waals surface area (Å²) in [4.78, 5) is 4.40. The number of nitrogens with zero attached hydrogens (tertiary/aromatic N) is 2. The maximum Gasteiger partial charge on any atom is 0.142 e. The monoisotopic (exact) mass is 381 g/mol. The van der Waals surface area contributed by atoms with Crippen molar-refractivity contribution in [2.45, 2.75) is 19.8 Å². The minimum atomic E-state index is 0.161. The molecular formula is C21H17Cl2N3. The van der Waals surface area contributed by atoms with Gasteiger partial charge in [-0.05, 0) is 30.2 Å². The van der Waals surface area contributed by atoms with Crippen molar-refractivity contribution in [2.24, 2.45) is 0 Å². The molecule has 3 aromatic rings. The molecule has 5 heteroatoms. The Morgan fingerprint density at radius 1 is 1.08 bits per heavy atom. The summed E-state index contributed by atoms with van der Waals surface area (Å²) < 4.78 is 0. The lowest BCUT2D eigenvalue weighted by Gasteiger charge is -2.13. The van der Waals surface area contributed by atoms with E-state index in [9.17, 15) is 5.26 Å². The fourth-order valence-corrected chi connectivity index (χ4v) is 3.51. The second-order valence-electron chi connectivity index (χ2n) is 5.97. The molecule has 0 bridgehead atoms. The zero-order valence-electron chi connectivity index (χ0n) is 14.3. The van der Waals surface area contributed by atoms with Crippen molar-refractivity contribution in [3.63, 3.8) is 0 Å². The summed E-state index contributed by atoms with van der Waals surface area (Å²) in [7, 11) is 0. The van der Waals surface area contributed by atoms with Crippen molar-refractivity contribution < 1.29 is 0 Å². The summed E-state index contributed by atoms with van der Waals surface area (Å²) in [6.45, 7) is 2.15. The lowest BCUT2D eigenvalue weighted by molar-refractivity contribution is 0.922. The first-order chi connectivity index (χ1) is 12.5. The van der Waals surface area contributed by atoms with Crippen molar-refractivity contribution in [2.75, 3.05) is 5.73 Å². The maximum absolute atomic E-state index is 9.54. The molecule has 130 valence electrons. The van der Waals surface area contributed by atoms with Crippen LogP contribution in [0.3, 0.4) is 0 Å². The van der Waals surface area contributed by atoms with Gasteiger partial charge in [0.05, 0.1) is 5.69 Å². The van der Waals surface area contributed by atoms with E-state index in [0.29, 0.717) is 26.9 Å². The van der Waals surface area contributed by atoms with Crippen LogP contribution in [-0.2, 0) is 6.42 Å². The van der Waals surface area contributed by atoms with Crippen LogP contribution >= 0.6 is 23.2 Å². The number of aromatic nitrogens is 1. The molecule has 0 aliphatic heterocycles. The van der Waals surface area contributed by atoms with Crippen LogP contribution in [0.15, 0.2) is 48.5 Å². The Kier molecular flexibility index (Phi) is 5.46. The molecule has 0 radical (unpaired) electrons. The van der Waals surface area contributed by atoms with E-state index in [2.05, 4.69) is 30.1 Å². The highest BCUT2D eigenvalue weighted by Crippen LogP contribution is 2.39. The minimum absolute atomic E-state index is 0.161. The number of anilines is 1. The predicted molar refractivity (Wildman–Crippen MR) is 108 cm³/mol. The third kappa shape index (κ3) is 3.53. The number of halogens is 2. The third-order valence-corrected chi connectivity index (χ3v) is 4.81. The van der Waals surface area contributed by atoms with E-state index in [-0.39, 0.29) is 11.4 Å². The highest BCUT2D eigenvalue weighted by Gasteiger charge is 2.17. The molecule has 26 heavy (non-hydrogen) atoms. The number of benzene rings is 2. The summed E-state index contributed by atoms with van der Waals surface area (Å²) in [5.41, 5.74) is 10.4. The molecule has 0 aliphatic rings. The van der Waals surface area contributed by atoms with Gasteiger partial charge in [-0.1, -0.05) is 66.9 Å². The van der Waals surface area contributed by atoms with Gasteiger partial charge in [0.25, 0.3) is 0 Å². The molecule has 2 aromatic carbocycles. The van der Waals surface area contributed by atoms with Crippen molar-refractivity contribution in [3.05, 3.63) is 69.7 Å². The standard InChI is InChI=1S/C21H17Cl2N3/c1-2-4-13-7-9-14(10-8-13)19-11-15(16(12-24)21(25)26-19)20-17(22)5-3-6-18(20)23/h3,5-11H,2,4H2,1H3,(H2,25,26). The molecule has 0 saturated carbocycles. The number of hydrogen-bond donors (Lipinski definition) is 1. The molecule has 0 spiro atoms. The zero-order chi connectivity index (χ0) is 18.7. The van der Waals surface area contributed by atoms with E-state index < -0.39 is 0 Å². The highest BCUT2D eigenvalue weighted by atomic mass is 35.5. The van der Waals surface area contributed by atoms with Crippen molar-refractivity contribution in [1.82, 2.24) is 4.98 Å². The van der Waals surface area contributed by atoms with Crippen LogP contribution in [0.1, 0.15) is 24.5 Å². The van der Waals surface area contributed by atoms with Gasteiger partial charge in [-0.3, -0.25) is 0 Å². The van der Waals surface area contributed by atoms with E-state index in [1.165, 1.54) is 5.56 Å². The van der Waals surface area contributed by atoms with Gasteiger partial charge >= 0.3 is 0 Å². The lowest BCUT2D eigenvalue weighted by atomic mass is 9.97. The summed E-state index contributed by atoms with van der Waals surface area (Å²) in [6.07, 6.45) is 2.13. The maximum atomic E-state index is 9.54. The molecule has 0 atom stereocenters. The molecule has 1 aromatic heterocycles. The number of nitriles is 1. The second kappa shape index (κ2) is 7.78. The summed E-state index contributed by atoms with van der Waals surface area (Å²) in [5, 5.41) is 10.5. The Bertz CT molecular complexity index is 969. The third-order valence-electron chi connectivity index (χ3n) is 4.18. The van der Waals surface area contributed by atoms with Gasteiger partial charge in [0, 0.05) is 26.7 Å². The van der Waals surface area contributed by atoms with Crippen LogP contribution in [-0.4, -0.2) is 4.98 Å². The Morgan fingerprint density at radius 2 is 1.73 bits per heavy atom. The molecule has 0 unspecified atom stereocenters. The van der Waals surface area contributed by atoms with E-state index in [4.69, 9.17) is 28.9 Å². The van der Waals surface area contributed by atoms with Gasteiger partial charge in [0.2, 0.25) is 0 Å². The summed E-state index contributed by atoms with van der Waals surface area (Å²) in [5.74, 6) is 0.161. The number of nitrogen functional groups attached to an aromatic ring is 1. The Hall–Kier alpha value is -2.54. The highest BCUT2D eigenvalue weighted by molar-refractivity contribution is 6.39. The summed E-state index contributed by atoms with van der Waals surface area (Å²) in [6, 6.07) is 17.3. The van der Waals surface area contributed by atoms with Crippen LogP contribution in [0.25, 0.3) is 22.4 Å². The fourth-order valence-electron chi connectivity index (χ4n) is 2.91. The van der Waals surface area contributed by atoms with E-state index >= 15 is 0 Å². The largest absolute Gasteiger partial charge is 0.383 e. The molecule has 0 saturated heterocycles. The molecule has 3 rings (SSSR count). The topological polar surface area (TPSA) is 62.7 Å². The SMILES string of the molecule is CCCc1ccc(-c2cc(-c3c(Cl)cccc3Cl)c(C#N)c(N)n2)cc1. The quantitative estimate of drug-likeness (QED) is 0.590. The number of aryl methyl sites for hydroxylation is 1. The average Bonchev–Trinajstić information content (AvgIpc) is 2.62. The molecule has 3 nitrogen and oxygen atoms in total. The van der Waals surface area contributed by atoms with E-state index in [0.717, 1.165) is 18.4 Å². The molecule has 1 heterocycles. The molecular weight excluding hydrogens is 365 g/mol. The lowest BCUT2D eigenvalue weighted by Crippen LogP contribution is -2.00. The van der Waals surface area contributed by atoms with Crippen LogP contribution in [0.4, 0.5) is 5.82 Å². The van der Waals surface area contributed by atoms with Gasteiger partial charge < -0.3 is 5.73 Å². The zero-order valence-corrected chi connectivity index (χ0v) is 15.8. The normalized spacial score (nSPS) is 10.5. The number of rotatable bonds is 4. The van der Waals surface area contributed by atoms with Crippen molar-refractivity contribution in [3.8, 4) is 28.5 Å². The van der Waals surface area contributed by atoms with Crippen LogP contribution in [0.2, 0.25) is 10.0 Å². The Balaban J connectivity index is 2.18. The number of nitrogens with two attached hydrogens (primary N) is 1. The van der Waals surface area contributed by atoms with Gasteiger partial charge in [0.15, 0.2) is 0 Å². The van der Waals surface area contributed by atoms with Gasteiger partial charge in [0.1, 0.15) is 17.5 Å². The Labute approximate surface area is 163 Å². The summed E-state index contributed by atoms with van der Waals surface area (Å²) >= 11 is 12.7. The number of pyridine rings is 1. The Morgan fingerprint density at radius 3 is 2.31 bits per heavy atom. The van der Waals surface area contributed by atoms with E-state index in [1.807, 2.05) is 18.2 Å². The molecule has 2 N–H and O–H groups in total. The fraction of sp³-hybridized carbons (Fsp3) is 0.143. The first kappa shape index (κ1) is 18.3. The van der Waals surface area contributed by atoms with Gasteiger partial charge in [-0.25, -0.2) is 4.98 Å². The van der Waals surface area contributed by atoms with Gasteiger partial charge in [-0.2, -0.15) is 5.26 Å². The van der Waals surface area contributed by atoms with Crippen LogP contribution < -0.4 is 5.73 Å². The smallest absolute Gasteiger partial charge is 0.142 e. The average molecular weight is 382 g/mol. The first-order valence-electron chi connectivity index (χ1n) is 8.29. The van der Waals surface area contributed by atoms with Gasteiger partial charge in [-0.15, -0.1) is 0 Å². The second-order valence-corrected chi connectivity index (χ2v) is 6.79. The first-order valence-corrected chi connectivity index (χ1v) is 9.05. The van der Waals surface area contributed by atoms with Crippen molar-refractivity contribution in [1.29, 1.82) is 5.26 Å². The minimum Gasteiger partial charge on any atom is -0.383 e. The number of hydrogen-bond acceptors (Lipinski definition) is 3. The van der Waals surface area contributed by atoms with Crippen LogP contribution in [0, 0.1) is 11.3 Å². The van der Waals surface area contributed by atoms with Crippen molar-refractivity contribution >= 4 is 29.0 Å². The molecule has 0 fully saturated rings. The predicted octanol–water partition coefficient (Wildman–Crippen LogP) is 6.13. The van der Waals surface area contributed by atoms with E-state index in [1.54, 1.807) is 18.2 Å². The van der Waals surface area contributed by atoms with Crippen LogP contribution in [0.5, 0.6) is 0 Å². The molecule has 0 amide bonds.